The number of aromatic nitrogens is 3. The number of pyridine rings is 1. The van der Waals surface area contributed by atoms with Gasteiger partial charge in [0.05, 0.1) is 5.69 Å². The van der Waals surface area contributed by atoms with Gasteiger partial charge < -0.3 is 11.1 Å². The molecule has 1 atom stereocenters. The number of rotatable bonds is 5. The molecule has 1 unspecified atom stereocenters. The van der Waals surface area contributed by atoms with E-state index in [1.54, 1.807) is 18.5 Å². The van der Waals surface area contributed by atoms with Gasteiger partial charge in [0.25, 0.3) is 0 Å². The Hall–Kier alpha value is -2.21. The zero-order valence-corrected chi connectivity index (χ0v) is 11.7. The maximum Gasteiger partial charge on any atom is 0.226 e. The van der Waals surface area contributed by atoms with Crippen molar-refractivity contribution in [2.45, 2.75) is 32.7 Å². The second-order valence-electron chi connectivity index (χ2n) is 4.64. The Morgan fingerprint density at radius 2 is 2.25 bits per heavy atom. The second-order valence-corrected chi connectivity index (χ2v) is 4.64. The number of hydrogen-bond acceptors (Lipinski definition) is 4. The Kier molecular flexibility index (Phi) is 4.47. The van der Waals surface area contributed by atoms with E-state index >= 15 is 0 Å². The van der Waals surface area contributed by atoms with Crippen LogP contribution in [-0.2, 0) is 4.79 Å². The summed E-state index contributed by atoms with van der Waals surface area (Å²) in [5.41, 5.74) is 6.45. The van der Waals surface area contributed by atoms with Gasteiger partial charge in [-0.15, -0.1) is 0 Å². The van der Waals surface area contributed by atoms with Gasteiger partial charge in [-0.3, -0.25) is 9.36 Å². The number of nitrogens with one attached hydrogen (secondary N) is 1. The summed E-state index contributed by atoms with van der Waals surface area (Å²) >= 11 is 0. The molecule has 0 saturated heterocycles. The van der Waals surface area contributed by atoms with Crippen molar-refractivity contribution in [3.8, 4) is 5.82 Å². The normalized spacial score (nSPS) is 12.2. The Labute approximate surface area is 118 Å². The number of nitrogens with two attached hydrogens (primary N) is 1. The first-order valence-electron chi connectivity index (χ1n) is 6.62. The predicted octanol–water partition coefficient (Wildman–Crippen LogP) is 1.64. The number of carbonyl (C=O) groups is 1. The fraction of sp³-hybridized carbons (Fsp3) is 0.357. The van der Waals surface area contributed by atoms with E-state index in [-0.39, 0.29) is 11.9 Å². The van der Waals surface area contributed by atoms with Crippen molar-refractivity contribution >= 4 is 11.6 Å². The third-order valence-corrected chi connectivity index (χ3v) is 3.09. The topological polar surface area (TPSA) is 85.8 Å². The Bertz CT molecular complexity index is 593. The molecule has 6 nitrogen and oxygen atoms in total. The smallest absolute Gasteiger partial charge is 0.226 e. The highest BCUT2D eigenvalue weighted by molar-refractivity contribution is 5.92. The average molecular weight is 273 g/mol. The summed E-state index contributed by atoms with van der Waals surface area (Å²) in [6, 6.07) is 3.48. The molecule has 0 aliphatic heterocycles. The average Bonchev–Trinajstić information content (AvgIpc) is 2.85. The number of nitrogens with zero attached hydrogens (tertiary/aromatic N) is 3. The first kappa shape index (κ1) is 14.2. The summed E-state index contributed by atoms with van der Waals surface area (Å²) in [7, 11) is 0. The molecule has 0 aromatic carbocycles. The Morgan fingerprint density at radius 1 is 1.45 bits per heavy atom. The highest BCUT2D eigenvalue weighted by atomic mass is 16.1. The van der Waals surface area contributed by atoms with E-state index < -0.39 is 0 Å². The van der Waals surface area contributed by atoms with Crippen molar-refractivity contribution in [1.29, 1.82) is 0 Å². The lowest BCUT2D eigenvalue weighted by molar-refractivity contribution is -0.116. The van der Waals surface area contributed by atoms with Crippen LogP contribution >= 0.6 is 0 Å². The standard InChI is InChI=1S/C14H19N5O/c1-3-11(15)9-13(20)18-12-5-4-6-17-14(12)19-8-7-16-10(19)2/h4-8,11H,3,9,15H2,1-2H3,(H,18,20). The van der Waals surface area contributed by atoms with Gasteiger partial charge in [-0.25, -0.2) is 9.97 Å². The minimum Gasteiger partial charge on any atom is -0.327 e. The van der Waals surface area contributed by atoms with Crippen LogP contribution in [0.3, 0.4) is 0 Å². The van der Waals surface area contributed by atoms with Gasteiger partial charge in [0.1, 0.15) is 5.82 Å². The Morgan fingerprint density at radius 3 is 2.90 bits per heavy atom. The number of anilines is 1. The highest BCUT2D eigenvalue weighted by Crippen LogP contribution is 2.18. The first-order valence-corrected chi connectivity index (χ1v) is 6.62. The highest BCUT2D eigenvalue weighted by Gasteiger charge is 2.12. The summed E-state index contributed by atoms with van der Waals surface area (Å²) in [6.45, 7) is 3.84. The molecule has 0 aliphatic carbocycles. The molecule has 3 N–H and O–H groups in total. The molecule has 0 aliphatic rings. The molecule has 0 spiro atoms. The van der Waals surface area contributed by atoms with E-state index in [1.807, 2.05) is 30.7 Å². The van der Waals surface area contributed by atoms with E-state index in [0.717, 1.165) is 12.2 Å². The van der Waals surface area contributed by atoms with Gasteiger partial charge in [0.2, 0.25) is 5.91 Å². The minimum absolute atomic E-state index is 0.105. The zero-order valence-electron chi connectivity index (χ0n) is 11.7. The number of hydrogen-bond donors (Lipinski definition) is 2. The summed E-state index contributed by atoms with van der Waals surface area (Å²) < 4.78 is 1.83. The van der Waals surface area contributed by atoms with Gasteiger partial charge in [-0.05, 0) is 25.5 Å². The molecule has 0 fully saturated rings. The maximum atomic E-state index is 11.9. The van der Waals surface area contributed by atoms with Gasteiger partial charge >= 0.3 is 0 Å². The molecule has 0 radical (unpaired) electrons. The van der Waals surface area contributed by atoms with E-state index in [9.17, 15) is 4.79 Å². The third kappa shape index (κ3) is 3.21. The molecule has 0 bridgehead atoms. The lowest BCUT2D eigenvalue weighted by Crippen LogP contribution is -2.26. The van der Waals surface area contributed by atoms with Crippen molar-refractivity contribution < 1.29 is 4.79 Å². The van der Waals surface area contributed by atoms with Gasteiger partial charge in [-0.1, -0.05) is 6.92 Å². The van der Waals surface area contributed by atoms with Crippen LogP contribution in [0.1, 0.15) is 25.6 Å². The monoisotopic (exact) mass is 273 g/mol. The molecule has 1 amide bonds. The van der Waals surface area contributed by atoms with Gasteiger partial charge in [-0.2, -0.15) is 0 Å². The van der Waals surface area contributed by atoms with Crippen LogP contribution in [0, 0.1) is 6.92 Å². The van der Waals surface area contributed by atoms with Crippen molar-refractivity contribution in [2.75, 3.05) is 5.32 Å². The van der Waals surface area contributed by atoms with Crippen molar-refractivity contribution in [1.82, 2.24) is 14.5 Å². The molecule has 0 saturated carbocycles. The molecule has 6 heteroatoms. The van der Waals surface area contributed by atoms with E-state index in [4.69, 9.17) is 5.73 Å². The van der Waals surface area contributed by atoms with Crippen molar-refractivity contribution in [2.24, 2.45) is 5.73 Å². The van der Waals surface area contributed by atoms with Crippen LogP contribution in [0.2, 0.25) is 0 Å². The molecule has 2 aromatic heterocycles. The van der Waals surface area contributed by atoms with Crippen LogP contribution in [0.4, 0.5) is 5.69 Å². The quantitative estimate of drug-likeness (QED) is 0.867. The van der Waals surface area contributed by atoms with E-state index in [2.05, 4.69) is 15.3 Å². The lowest BCUT2D eigenvalue weighted by Gasteiger charge is -2.13. The number of imidazole rings is 1. The SMILES string of the molecule is CCC(N)CC(=O)Nc1cccnc1-n1ccnc1C. The van der Waals surface area contributed by atoms with Crippen LogP contribution in [0.5, 0.6) is 0 Å². The molecule has 20 heavy (non-hydrogen) atoms. The summed E-state index contributed by atoms with van der Waals surface area (Å²) in [4.78, 5) is 20.4. The lowest BCUT2D eigenvalue weighted by atomic mass is 10.1. The van der Waals surface area contributed by atoms with Crippen LogP contribution in [0.25, 0.3) is 5.82 Å². The predicted molar refractivity (Wildman–Crippen MR) is 77.6 cm³/mol. The molecule has 2 aromatic rings. The molecule has 2 rings (SSSR count). The molecular weight excluding hydrogens is 254 g/mol. The zero-order chi connectivity index (χ0) is 14.5. The molecular formula is C14H19N5O. The third-order valence-electron chi connectivity index (χ3n) is 3.09. The fourth-order valence-electron chi connectivity index (χ4n) is 1.87. The Balaban J connectivity index is 2.21. The van der Waals surface area contributed by atoms with E-state index in [0.29, 0.717) is 17.9 Å². The van der Waals surface area contributed by atoms with Crippen LogP contribution < -0.4 is 11.1 Å². The van der Waals surface area contributed by atoms with Crippen molar-refractivity contribution in [3.05, 3.63) is 36.5 Å². The maximum absolute atomic E-state index is 11.9. The molecule has 106 valence electrons. The second kappa shape index (κ2) is 6.29. The van der Waals surface area contributed by atoms with Crippen LogP contribution in [0.15, 0.2) is 30.7 Å². The minimum atomic E-state index is -0.120. The summed E-state index contributed by atoms with van der Waals surface area (Å²) in [5, 5.41) is 2.86. The summed E-state index contributed by atoms with van der Waals surface area (Å²) in [6.07, 6.45) is 6.26. The number of aryl methyl sites for hydroxylation is 1. The molecule has 2 heterocycles. The van der Waals surface area contributed by atoms with E-state index in [1.165, 1.54) is 0 Å². The summed E-state index contributed by atoms with van der Waals surface area (Å²) in [5.74, 6) is 1.36. The number of amides is 1. The fourth-order valence-corrected chi connectivity index (χ4v) is 1.87. The van der Waals surface area contributed by atoms with Gasteiger partial charge in [0.15, 0.2) is 5.82 Å². The first-order chi connectivity index (χ1) is 9.61. The van der Waals surface area contributed by atoms with Crippen LogP contribution in [-0.4, -0.2) is 26.5 Å². The largest absolute Gasteiger partial charge is 0.327 e. The number of carbonyl (C=O) groups excluding carboxylic acids is 1. The van der Waals surface area contributed by atoms with Crippen molar-refractivity contribution in [3.63, 3.8) is 0 Å². The van der Waals surface area contributed by atoms with Gasteiger partial charge in [0, 0.05) is 31.1 Å².